The first kappa shape index (κ1) is 17.2. The summed E-state index contributed by atoms with van der Waals surface area (Å²) in [5, 5.41) is 3.51. The lowest BCUT2D eigenvalue weighted by molar-refractivity contribution is 0.133. The summed E-state index contributed by atoms with van der Waals surface area (Å²) in [5.41, 5.74) is 1.57. The molecule has 0 saturated carbocycles. The van der Waals surface area contributed by atoms with E-state index in [2.05, 4.69) is 82.2 Å². The maximum absolute atomic E-state index is 3.51. The Balaban J connectivity index is 2.83. The van der Waals surface area contributed by atoms with Crippen molar-refractivity contribution in [3.63, 3.8) is 0 Å². The van der Waals surface area contributed by atoms with E-state index in [9.17, 15) is 0 Å². The monoisotopic (exact) mass is 276 g/mol. The van der Waals surface area contributed by atoms with Crippen LogP contribution in [0, 0.1) is 11.3 Å². The molecular weight excluding hydrogens is 244 g/mol. The van der Waals surface area contributed by atoms with Gasteiger partial charge in [0.15, 0.2) is 0 Å². The average Bonchev–Trinajstić information content (AvgIpc) is 2.38. The molecule has 0 aliphatic heterocycles. The molecule has 1 atom stereocenters. The molecule has 0 aliphatic rings. The van der Waals surface area contributed by atoms with Crippen molar-refractivity contribution in [2.75, 3.05) is 26.7 Å². The normalized spacial score (nSPS) is 14.0. The van der Waals surface area contributed by atoms with Crippen molar-refractivity contribution < 1.29 is 0 Å². The molecule has 114 valence electrons. The number of nitrogens with one attached hydrogen (secondary N) is 1. The molecule has 2 heteroatoms. The first-order valence-electron chi connectivity index (χ1n) is 7.85. The summed E-state index contributed by atoms with van der Waals surface area (Å²) >= 11 is 0. The lowest BCUT2D eigenvalue weighted by Gasteiger charge is -2.39. The van der Waals surface area contributed by atoms with E-state index in [1.807, 2.05) is 0 Å². The van der Waals surface area contributed by atoms with E-state index in [1.165, 1.54) is 12.1 Å². The number of hydrogen-bond donors (Lipinski definition) is 1. The van der Waals surface area contributed by atoms with Crippen LogP contribution in [0.4, 0.5) is 0 Å². The van der Waals surface area contributed by atoms with Gasteiger partial charge in [0.25, 0.3) is 0 Å². The molecule has 0 radical (unpaired) electrons. The van der Waals surface area contributed by atoms with E-state index in [0.29, 0.717) is 6.04 Å². The van der Waals surface area contributed by atoms with Gasteiger partial charge in [-0.3, -0.25) is 0 Å². The van der Waals surface area contributed by atoms with Crippen LogP contribution in [0.1, 0.15) is 46.2 Å². The van der Waals surface area contributed by atoms with Gasteiger partial charge in [0, 0.05) is 19.1 Å². The lowest BCUT2D eigenvalue weighted by Crippen LogP contribution is -2.43. The molecule has 0 fully saturated rings. The van der Waals surface area contributed by atoms with E-state index >= 15 is 0 Å². The molecule has 0 bridgehead atoms. The highest BCUT2D eigenvalue weighted by Crippen LogP contribution is 2.34. The van der Waals surface area contributed by atoms with Gasteiger partial charge >= 0.3 is 0 Å². The molecule has 0 aliphatic carbocycles. The van der Waals surface area contributed by atoms with Crippen LogP contribution in [0.25, 0.3) is 0 Å². The molecule has 1 unspecified atom stereocenters. The van der Waals surface area contributed by atoms with Crippen LogP contribution < -0.4 is 5.32 Å². The largest absolute Gasteiger partial charge is 0.313 e. The van der Waals surface area contributed by atoms with Crippen LogP contribution in [0.3, 0.4) is 0 Å². The quantitative estimate of drug-likeness (QED) is 0.773. The molecule has 1 aromatic carbocycles. The van der Waals surface area contributed by atoms with E-state index in [1.54, 1.807) is 0 Å². The minimum Gasteiger partial charge on any atom is -0.313 e. The highest BCUT2D eigenvalue weighted by atomic mass is 15.1. The topological polar surface area (TPSA) is 15.3 Å². The molecule has 1 rings (SSSR count). The van der Waals surface area contributed by atoms with Gasteiger partial charge in [-0.2, -0.15) is 0 Å². The van der Waals surface area contributed by atoms with Crippen molar-refractivity contribution in [1.82, 2.24) is 10.2 Å². The van der Waals surface area contributed by atoms with Crippen LogP contribution in [0.2, 0.25) is 0 Å². The highest BCUT2D eigenvalue weighted by Gasteiger charge is 2.31. The second kappa shape index (κ2) is 7.80. The zero-order chi connectivity index (χ0) is 15.2. The standard InChI is InChI=1S/C18H32N2/c1-7-20(13-15(2)3)14-18(4,5)17(19-6)16-11-9-8-10-12-16/h8-12,15,17,19H,7,13-14H2,1-6H3. The summed E-state index contributed by atoms with van der Waals surface area (Å²) in [4.78, 5) is 2.57. The smallest absolute Gasteiger partial charge is 0.0381 e. The summed E-state index contributed by atoms with van der Waals surface area (Å²) in [6.07, 6.45) is 0. The first-order valence-corrected chi connectivity index (χ1v) is 7.85. The highest BCUT2D eigenvalue weighted by molar-refractivity contribution is 5.21. The number of benzene rings is 1. The Morgan fingerprint density at radius 3 is 2.20 bits per heavy atom. The van der Waals surface area contributed by atoms with Crippen LogP contribution in [-0.4, -0.2) is 31.6 Å². The third-order valence-corrected chi connectivity index (χ3v) is 3.90. The van der Waals surface area contributed by atoms with Crippen LogP contribution in [0.5, 0.6) is 0 Å². The average molecular weight is 276 g/mol. The van der Waals surface area contributed by atoms with Crippen molar-refractivity contribution in [2.24, 2.45) is 11.3 Å². The Kier molecular flexibility index (Phi) is 6.70. The Morgan fingerprint density at radius 2 is 1.75 bits per heavy atom. The van der Waals surface area contributed by atoms with E-state index in [4.69, 9.17) is 0 Å². The minimum absolute atomic E-state index is 0.195. The van der Waals surface area contributed by atoms with Gasteiger partial charge in [-0.25, -0.2) is 0 Å². The van der Waals surface area contributed by atoms with Crippen LogP contribution >= 0.6 is 0 Å². The molecule has 20 heavy (non-hydrogen) atoms. The Hall–Kier alpha value is -0.860. The van der Waals surface area contributed by atoms with Gasteiger partial charge in [-0.15, -0.1) is 0 Å². The molecule has 0 heterocycles. The van der Waals surface area contributed by atoms with Crippen molar-refractivity contribution in [3.8, 4) is 0 Å². The fourth-order valence-electron chi connectivity index (χ4n) is 3.14. The Morgan fingerprint density at radius 1 is 1.15 bits per heavy atom. The lowest BCUT2D eigenvalue weighted by atomic mass is 9.79. The van der Waals surface area contributed by atoms with Crippen molar-refractivity contribution in [1.29, 1.82) is 0 Å². The van der Waals surface area contributed by atoms with Crippen molar-refractivity contribution in [3.05, 3.63) is 35.9 Å². The number of rotatable bonds is 8. The SMILES string of the molecule is CCN(CC(C)C)CC(C)(C)C(NC)c1ccccc1. The molecule has 0 amide bonds. The van der Waals surface area contributed by atoms with Crippen LogP contribution in [0.15, 0.2) is 30.3 Å². The number of nitrogens with zero attached hydrogens (tertiary/aromatic N) is 1. The second-order valence-electron chi connectivity index (χ2n) is 6.84. The van der Waals surface area contributed by atoms with E-state index in [0.717, 1.165) is 19.0 Å². The number of hydrogen-bond acceptors (Lipinski definition) is 2. The van der Waals surface area contributed by atoms with Crippen molar-refractivity contribution >= 4 is 0 Å². The maximum Gasteiger partial charge on any atom is 0.0381 e. The first-order chi connectivity index (χ1) is 9.40. The third kappa shape index (κ3) is 4.92. The molecule has 2 nitrogen and oxygen atoms in total. The predicted octanol–water partition coefficient (Wildman–Crippen LogP) is 3.95. The maximum atomic E-state index is 3.51. The van der Waals surface area contributed by atoms with Gasteiger partial charge < -0.3 is 10.2 Å². The second-order valence-corrected chi connectivity index (χ2v) is 6.84. The molecule has 0 saturated heterocycles. The third-order valence-electron chi connectivity index (χ3n) is 3.90. The van der Waals surface area contributed by atoms with Gasteiger partial charge in [0.05, 0.1) is 0 Å². The Labute approximate surface area is 125 Å². The molecule has 0 aromatic heterocycles. The Bertz CT molecular complexity index is 370. The fraction of sp³-hybridized carbons (Fsp3) is 0.667. The van der Waals surface area contributed by atoms with E-state index in [-0.39, 0.29) is 5.41 Å². The zero-order valence-electron chi connectivity index (χ0n) is 14.1. The van der Waals surface area contributed by atoms with Gasteiger partial charge in [0.1, 0.15) is 0 Å². The summed E-state index contributed by atoms with van der Waals surface area (Å²) in [7, 11) is 2.07. The predicted molar refractivity (Wildman–Crippen MR) is 89.0 cm³/mol. The van der Waals surface area contributed by atoms with Crippen molar-refractivity contribution in [2.45, 2.75) is 40.7 Å². The van der Waals surface area contributed by atoms with Crippen LogP contribution in [-0.2, 0) is 0 Å². The summed E-state index contributed by atoms with van der Waals surface area (Å²) in [6, 6.07) is 11.2. The van der Waals surface area contributed by atoms with E-state index < -0.39 is 0 Å². The molecule has 1 aromatic rings. The minimum atomic E-state index is 0.195. The van der Waals surface area contributed by atoms with Gasteiger partial charge in [0.2, 0.25) is 0 Å². The summed E-state index contributed by atoms with van der Waals surface area (Å²) in [6.45, 7) is 15.0. The fourth-order valence-corrected chi connectivity index (χ4v) is 3.14. The molecular formula is C18H32N2. The summed E-state index contributed by atoms with van der Waals surface area (Å²) in [5.74, 6) is 0.718. The van der Waals surface area contributed by atoms with Gasteiger partial charge in [-0.1, -0.05) is 65.0 Å². The molecule has 1 N–H and O–H groups in total. The zero-order valence-corrected chi connectivity index (χ0v) is 14.1. The van der Waals surface area contributed by atoms with Gasteiger partial charge in [-0.05, 0) is 30.5 Å². The molecule has 0 spiro atoms. The summed E-state index contributed by atoms with van der Waals surface area (Å²) < 4.78 is 0.